The first-order valence-corrected chi connectivity index (χ1v) is 5.14. The molecule has 1 rings (SSSR count). The number of piperazine rings is 1. The third-order valence-electron chi connectivity index (χ3n) is 2.57. The monoisotopic (exact) mass is 190 g/mol. The number of hydrogen-bond acceptors (Lipinski definition) is 2. The fraction of sp³-hybridized carbons (Fsp3) is 1.00. The number of nitrogens with one attached hydrogen (secondary N) is 2. The van der Waals surface area contributed by atoms with Crippen molar-refractivity contribution in [2.75, 3.05) is 13.1 Å². The van der Waals surface area contributed by atoms with E-state index in [0.717, 1.165) is 19.5 Å². The molecule has 0 aromatic rings. The fourth-order valence-corrected chi connectivity index (χ4v) is 2.01. The van der Waals surface area contributed by atoms with Gasteiger partial charge in [-0.2, -0.15) is 0 Å². The van der Waals surface area contributed by atoms with E-state index < -0.39 is 0 Å². The average Bonchev–Trinajstić information content (AvgIpc) is 2.02. The van der Waals surface area contributed by atoms with Crippen LogP contribution in [0.25, 0.3) is 0 Å². The zero-order valence-electron chi connectivity index (χ0n) is 8.15. The number of hydrogen-bond donors (Lipinski definition) is 2. The Kier molecular flexibility index (Phi) is 3.38. The molecule has 0 spiro atoms. The van der Waals surface area contributed by atoms with Gasteiger partial charge in [-0.05, 0) is 20.3 Å². The highest BCUT2D eigenvalue weighted by molar-refractivity contribution is 6.21. The van der Waals surface area contributed by atoms with Gasteiger partial charge in [0.15, 0.2) is 0 Å². The van der Waals surface area contributed by atoms with Gasteiger partial charge in [0.1, 0.15) is 0 Å². The molecular formula is C9H19ClN2. The van der Waals surface area contributed by atoms with Gasteiger partial charge < -0.3 is 10.6 Å². The molecular weight excluding hydrogens is 172 g/mol. The molecule has 2 N–H and O–H groups in total. The van der Waals surface area contributed by atoms with Crippen molar-refractivity contribution >= 4 is 11.6 Å². The second-order valence-electron chi connectivity index (χ2n) is 3.97. The minimum atomic E-state index is 0.0635. The quantitative estimate of drug-likeness (QED) is 0.643. The van der Waals surface area contributed by atoms with Crippen LogP contribution in [0.5, 0.6) is 0 Å². The van der Waals surface area contributed by atoms with E-state index in [2.05, 4.69) is 31.4 Å². The van der Waals surface area contributed by atoms with Crippen LogP contribution in [0, 0.1) is 0 Å². The van der Waals surface area contributed by atoms with Crippen molar-refractivity contribution in [1.29, 1.82) is 0 Å². The van der Waals surface area contributed by atoms with Gasteiger partial charge in [-0.3, -0.25) is 0 Å². The topological polar surface area (TPSA) is 24.1 Å². The first-order valence-electron chi connectivity index (χ1n) is 4.71. The predicted octanol–water partition coefficient (Wildman–Crippen LogP) is 1.34. The molecule has 0 aromatic carbocycles. The highest BCUT2D eigenvalue weighted by Crippen LogP contribution is 2.21. The van der Waals surface area contributed by atoms with Crippen LogP contribution in [0.2, 0.25) is 0 Å². The van der Waals surface area contributed by atoms with E-state index in [4.69, 9.17) is 11.6 Å². The van der Waals surface area contributed by atoms with Crippen molar-refractivity contribution in [3.05, 3.63) is 0 Å². The Morgan fingerprint density at radius 1 is 1.67 bits per heavy atom. The second-order valence-corrected chi connectivity index (χ2v) is 4.50. The fourth-order valence-electron chi connectivity index (χ4n) is 1.86. The van der Waals surface area contributed by atoms with Crippen molar-refractivity contribution in [3.8, 4) is 0 Å². The highest BCUT2D eigenvalue weighted by Gasteiger charge is 2.35. The largest absolute Gasteiger partial charge is 0.313 e. The molecule has 1 aliphatic rings. The molecule has 3 heteroatoms. The molecule has 2 nitrogen and oxygen atoms in total. The summed E-state index contributed by atoms with van der Waals surface area (Å²) in [5, 5.41) is 7.16. The van der Waals surface area contributed by atoms with Crippen LogP contribution in [-0.2, 0) is 0 Å². The lowest BCUT2D eigenvalue weighted by Gasteiger charge is -2.42. The summed E-state index contributed by atoms with van der Waals surface area (Å²) in [6.45, 7) is 8.52. The van der Waals surface area contributed by atoms with Gasteiger partial charge in [-0.1, -0.05) is 6.92 Å². The van der Waals surface area contributed by atoms with E-state index in [9.17, 15) is 0 Å². The molecule has 0 bridgehead atoms. The Hall–Kier alpha value is 0.210. The van der Waals surface area contributed by atoms with Gasteiger partial charge in [0, 0.05) is 24.7 Å². The lowest BCUT2D eigenvalue weighted by molar-refractivity contribution is 0.240. The third kappa shape index (κ3) is 2.12. The normalized spacial score (nSPS) is 39.5. The molecule has 1 aliphatic heterocycles. The lowest BCUT2D eigenvalue weighted by Crippen LogP contribution is -2.65. The SMILES string of the molecule is CCC(Cl)[C@]1(C)CNC[C@@H](C)N1. The Balaban J connectivity index is 2.56. The van der Waals surface area contributed by atoms with E-state index in [1.165, 1.54) is 0 Å². The summed E-state index contributed by atoms with van der Waals surface area (Å²) in [4.78, 5) is 0. The Bertz CT molecular complexity index is 151. The van der Waals surface area contributed by atoms with Crippen molar-refractivity contribution in [2.24, 2.45) is 0 Å². The van der Waals surface area contributed by atoms with Gasteiger partial charge in [0.25, 0.3) is 0 Å². The van der Waals surface area contributed by atoms with E-state index in [-0.39, 0.29) is 10.9 Å². The first kappa shape index (κ1) is 10.3. The maximum atomic E-state index is 6.25. The first-order chi connectivity index (χ1) is 5.58. The molecule has 0 saturated carbocycles. The van der Waals surface area contributed by atoms with Crippen molar-refractivity contribution in [3.63, 3.8) is 0 Å². The van der Waals surface area contributed by atoms with Crippen molar-refractivity contribution in [2.45, 2.75) is 44.1 Å². The van der Waals surface area contributed by atoms with Gasteiger partial charge >= 0.3 is 0 Å². The van der Waals surface area contributed by atoms with Crippen LogP contribution in [0.1, 0.15) is 27.2 Å². The molecule has 1 saturated heterocycles. The predicted molar refractivity (Wildman–Crippen MR) is 53.8 cm³/mol. The number of halogens is 1. The summed E-state index contributed by atoms with van der Waals surface area (Å²) in [7, 11) is 0. The molecule has 0 radical (unpaired) electrons. The molecule has 0 aromatic heterocycles. The van der Waals surface area contributed by atoms with Crippen LogP contribution in [0.4, 0.5) is 0 Å². The molecule has 0 aliphatic carbocycles. The number of rotatable bonds is 2. The van der Waals surface area contributed by atoms with E-state index in [1.807, 2.05) is 0 Å². The van der Waals surface area contributed by atoms with Gasteiger partial charge in [0.2, 0.25) is 0 Å². The zero-order valence-corrected chi connectivity index (χ0v) is 8.91. The van der Waals surface area contributed by atoms with E-state index in [0.29, 0.717) is 6.04 Å². The van der Waals surface area contributed by atoms with Gasteiger partial charge in [-0.25, -0.2) is 0 Å². The molecule has 72 valence electrons. The molecule has 1 heterocycles. The lowest BCUT2D eigenvalue weighted by atomic mass is 9.92. The number of alkyl halides is 1. The molecule has 0 amide bonds. The van der Waals surface area contributed by atoms with Crippen LogP contribution < -0.4 is 10.6 Å². The Morgan fingerprint density at radius 3 is 2.83 bits per heavy atom. The van der Waals surface area contributed by atoms with Crippen molar-refractivity contribution < 1.29 is 0 Å². The van der Waals surface area contributed by atoms with Crippen LogP contribution in [-0.4, -0.2) is 30.0 Å². The van der Waals surface area contributed by atoms with Crippen LogP contribution >= 0.6 is 11.6 Å². The highest BCUT2D eigenvalue weighted by atomic mass is 35.5. The summed E-state index contributed by atoms with van der Waals surface area (Å²) < 4.78 is 0. The standard InChI is InChI=1S/C9H19ClN2/c1-4-8(10)9(3)6-11-5-7(2)12-9/h7-8,11-12H,4-6H2,1-3H3/t7-,8?,9+/m1/s1. The van der Waals surface area contributed by atoms with Crippen LogP contribution in [0.3, 0.4) is 0 Å². The third-order valence-corrected chi connectivity index (χ3v) is 3.36. The minimum Gasteiger partial charge on any atom is -0.313 e. The maximum Gasteiger partial charge on any atom is 0.0525 e. The molecule has 1 fully saturated rings. The summed E-state index contributed by atoms with van der Waals surface area (Å²) in [6, 6.07) is 0.525. The Labute approximate surface area is 80.1 Å². The minimum absolute atomic E-state index is 0.0635. The van der Waals surface area contributed by atoms with E-state index in [1.54, 1.807) is 0 Å². The van der Waals surface area contributed by atoms with E-state index >= 15 is 0 Å². The summed E-state index contributed by atoms with van der Waals surface area (Å²) >= 11 is 6.25. The summed E-state index contributed by atoms with van der Waals surface area (Å²) in [5.74, 6) is 0. The molecule has 12 heavy (non-hydrogen) atoms. The maximum absolute atomic E-state index is 6.25. The zero-order chi connectivity index (χ0) is 9.19. The summed E-state index contributed by atoms with van der Waals surface area (Å²) in [6.07, 6.45) is 1.01. The smallest absolute Gasteiger partial charge is 0.0525 e. The Morgan fingerprint density at radius 2 is 2.33 bits per heavy atom. The van der Waals surface area contributed by atoms with Crippen LogP contribution in [0.15, 0.2) is 0 Å². The van der Waals surface area contributed by atoms with Gasteiger partial charge in [0.05, 0.1) is 5.38 Å². The second kappa shape index (κ2) is 3.95. The molecule has 3 atom stereocenters. The summed E-state index contributed by atoms with van der Waals surface area (Å²) in [5.41, 5.74) is 0.0635. The van der Waals surface area contributed by atoms with Gasteiger partial charge in [-0.15, -0.1) is 11.6 Å². The average molecular weight is 191 g/mol. The van der Waals surface area contributed by atoms with Crippen molar-refractivity contribution in [1.82, 2.24) is 10.6 Å². The molecule has 1 unspecified atom stereocenters.